The van der Waals surface area contributed by atoms with Crippen molar-refractivity contribution in [1.82, 2.24) is 0 Å². The van der Waals surface area contributed by atoms with Crippen molar-refractivity contribution < 1.29 is 9.53 Å². The number of ether oxygens (including phenoxy) is 1. The van der Waals surface area contributed by atoms with Crippen molar-refractivity contribution >= 4 is 22.9 Å². The zero-order chi connectivity index (χ0) is 11.5. The van der Waals surface area contributed by atoms with E-state index in [1.165, 1.54) is 4.90 Å². The molecular formula is C13H13NO2. The highest BCUT2D eigenvalue weighted by molar-refractivity contribution is 6.01. The van der Waals surface area contributed by atoms with Gasteiger partial charge in [0.1, 0.15) is 5.75 Å². The first-order valence-corrected chi connectivity index (χ1v) is 5.02. The van der Waals surface area contributed by atoms with Gasteiger partial charge in [-0.05, 0) is 11.5 Å². The SMILES string of the molecule is COc1ccc2ccccc2c1N(C)C=O. The Balaban J connectivity index is 2.77. The predicted molar refractivity (Wildman–Crippen MR) is 65.0 cm³/mol. The molecule has 0 unspecified atom stereocenters. The van der Waals surface area contributed by atoms with Crippen molar-refractivity contribution in [1.29, 1.82) is 0 Å². The third-order valence-corrected chi connectivity index (χ3v) is 2.59. The Hall–Kier alpha value is -2.03. The van der Waals surface area contributed by atoms with Crippen molar-refractivity contribution in [3.8, 4) is 5.75 Å². The number of methoxy groups -OCH3 is 1. The summed E-state index contributed by atoms with van der Waals surface area (Å²) >= 11 is 0. The second-order valence-electron chi connectivity index (χ2n) is 3.55. The van der Waals surface area contributed by atoms with Gasteiger partial charge in [-0.1, -0.05) is 30.3 Å². The molecule has 0 heterocycles. The number of rotatable bonds is 3. The van der Waals surface area contributed by atoms with Crippen molar-refractivity contribution in [3.05, 3.63) is 36.4 Å². The van der Waals surface area contributed by atoms with Crippen LogP contribution in [0.2, 0.25) is 0 Å². The number of benzene rings is 2. The van der Waals surface area contributed by atoms with Crippen LogP contribution >= 0.6 is 0 Å². The largest absolute Gasteiger partial charge is 0.495 e. The fourth-order valence-corrected chi connectivity index (χ4v) is 1.82. The summed E-state index contributed by atoms with van der Waals surface area (Å²) in [4.78, 5) is 12.4. The summed E-state index contributed by atoms with van der Waals surface area (Å²) in [5, 5.41) is 2.10. The third-order valence-electron chi connectivity index (χ3n) is 2.59. The predicted octanol–water partition coefficient (Wildman–Crippen LogP) is 2.44. The highest BCUT2D eigenvalue weighted by atomic mass is 16.5. The van der Waals surface area contributed by atoms with Crippen molar-refractivity contribution in [3.63, 3.8) is 0 Å². The first-order valence-electron chi connectivity index (χ1n) is 5.02. The summed E-state index contributed by atoms with van der Waals surface area (Å²) in [6, 6.07) is 11.8. The molecule has 0 saturated heterocycles. The lowest BCUT2D eigenvalue weighted by atomic mass is 10.1. The van der Waals surface area contributed by atoms with E-state index in [4.69, 9.17) is 4.74 Å². The first-order chi connectivity index (χ1) is 7.77. The van der Waals surface area contributed by atoms with E-state index in [2.05, 4.69) is 0 Å². The molecule has 82 valence electrons. The molecule has 2 aromatic rings. The van der Waals surface area contributed by atoms with Gasteiger partial charge in [-0.3, -0.25) is 4.79 Å². The lowest BCUT2D eigenvalue weighted by Gasteiger charge is -2.17. The number of fused-ring (bicyclic) bond motifs is 1. The van der Waals surface area contributed by atoms with Crippen molar-refractivity contribution in [2.45, 2.75) is 0 Å². The van der Waals surface area contributed by atoms with Gasteiger partial charge in [-0.25, -0.2) is 0 Å². The molecule has 1 amide bonds. The summed E-state index contributed by atoms with van der Waals surface area (Å²) in [7, 11) is 3.32. The molecule has 0 aliphatic heterocycles. The topological polar surface area (TPSA) is 29.5 Å². The van der Waals surface area contributed by atoms with Gasteiger partial charge >= 0.3 is 0 Å². The molecule has 0 atom stereocenters. The Morgan fingerprint density at radius 1 is 1.19 bits per heavy atom. The molecule has 2 rings (SSSR count). The van der Waals surface area contributed by atoms with Crippen LogP contribution in [0.15, 0.2) is 36.4 Å². The minimum atomic E-state index is 0.702. The van der Waals surface area contributed by atoms with E-state index in [0.29, 0.717) is 5.75 Å². The van der Waals surface area contributed by atoms with Crippen LogP contribution in [-0.2, 0) is 4.79 Å². The van der Waals surface area contributed by atoms with Crippen LogP contribution in [0.3, 0.4) is 0 Å². The maximum Gasteiger partial charge on any atom is 0.213 e. The average Bonchev–Trinajstić information content (AvgIpc) is 2.36. The van der Waals surface area contributed by atoms with Gasteiger partial charge in [0.15, 0.2) is 0 Å². The van der Waals surface area contributed by atoms with Gasteiger partial charge in [-0.15, -0.1) is 0 Å². The van der Waals surface area contributed by atoms with Gasteiger partial charge < -0.3 is 9.64 Å². The number of anilines is 1. The van der Waals surface area contributed by atoms with Crippen LogP contribution in [-0.4, -0.2) is 20.6 Å². The molecule has 16 heavy (non-hydrogen) atoms. The molecule has 0 fully saturated rings. The molecule has 0 saturated carbocycles. The van der Waals surface area contributed by atoms with Crippen LogP contribution in [0.4, 0.5) is 5.69 Å². The Bertz CT molecular complexity index is 522. The number of hydrogen-bond donors (Lipinski definition) is 0. The minimum Gasteiger partial charge on any atom is -0.495 e. The fourth-order valence-electron chi connectivity index (χ4n) is 1.82. The fraction of sp³-hybridized carbons (Fsp3) is 0.154. The first kappa shape index (κ1) is 10.5. The molecule has 0 aliphatic carbocycles. The standard InChI is InChI=1S/C13H13NO2/c1-14(9-15)13-11-6-4-3-5-10(11)7-8-12(13)16-2/h3-9H,1-2H3. The quantitative estimate of drug-likeness (QED) is 0.736. The molecule has 0 aliphatic rings. The number of carbonyl (C=O) groups excluding carboxylic acids is 1. The van der Waals surface area contributed by atoms with E-state index >= 15 is 0 Å². The Morgan fingerprint density at radius 2 is 1.94 bits per heavy atom. The molecule has 3 heteroatoms. The summed E-state index contributed by atoms with van der Waals surface area (Å²) in [6.45, 7) is 0. The summed E-state index contributed by atoms with van der Waals surface area (Å²) in [6.07, 6.45) is 0.782. The third kappa shape index (κ3) is 1.60. The van der Waals surface area contributed by atoms with E-state index in [-0.39, 0.29) is 0 Å². The van der Waals surface area contributed by atoms with E-state index in [1.807, 2.05) is 36.4 Å². The van der Waals surface area contributed by atoms with Crippen LogP contribution in [0, 0.1) is 0 Å². The van der Waals surface area contributed by atoms with Gasteiger partial charge in [0, 0.05) is 12.4 Å². The lowest BCUT2D eigenvalue weighted by molar-refractivity contribution is -0.107. The highest BCUT2D eigenvalue weighted by Gasteiger charge is 2.11. The second-order valence-corrected chi connectivity index (χ2v) is 3.55. The number of nitrogens with zero attached hydrogens (tertiary/aromatic N) is 1. The Morgan fingerprint density at radius 3 is 2.62 bits per heavy atom. The molecule has 3 nitrogen and oxygen atoms in total. The van der Waals surface area contributed by atoms with Crippen LogP contribution in [0.5, 0.6) is 5.75 Å². The average molecular weight is 215 g/mol. The van der Waals surface area contributed by atoms with Crippen LogP contribution < -0.4 is 9.64 Å². The van der Waals surface area contributed by atoms with E-state index in [9.17, 15) is 4.79 Å². The monoisotopic (exact) mass is 215 g/mol. The van der Waals surface area contributed by atoms with E-state index < -0.39 is 0 Å². The van der Waals surface area contributed by atoms with Gasteiger partial charge in [0.05, 0.1) is 12.8 Å². The van der Waals surface area contributed by atoms with E-state index in [1.54, 1.807) is 14.2 Å². The van der Waals surface area contributed by atoms with Gasteiger partial charge in [0.25, 0.3) is 0 Å². The second kappa shape index (κ2) is 4.23. The smallest absolute Gasteiger partial charge is 0.213 e. The number of carbonyl (C=O) groups is 1. The van der Waals surface area contributed by atoms with Crippen molar-refractivity contribution in [2.24, 2.45) is 0 Å². The van der Waals surface area contributed by atoms with E-state index in [0.717, 1.165) is 22.9 Å². The molecular weight excluding hydrogens is 202 g/mol. The van der Waals surface area contributed by atoms with Crippen LogP contribution in [0.1, 0.15) is 0 Å². The minimum absolute atomic E-state index is 0.702. The zero-order valence-corrected chi connectivity index (χ0v) is 9.31. The summed E-state index contributed by atoms with van der Waals surface area (Å²) < 4.78 is 5.28. The molecule has 0 bridgehead atoms. The Kier molecular flexibility index (Phi) is 2.77. The molecule has 0 radical (unpaired) electrons. The molecule has 2 aromatic carbocycles. The molecule has 0 aromatic heterocycles. The maximum atomic E-state index is 10.9. The molecule has 0 N–H and O–H groups in total. The molecule has 0 spiro atoms. The summed E-state index contributed by atoms with van der Waals surface area (Å²) in [5.74, 6) is 0.702. The van der Waals surface area contributed by atoms with Crippen molar-refractivity contribution in [2.75, 3.05) is 19.1 Å². The number of amides is 1. The van der Waals surface area contributed by atoms with Gasteiger partial charge in [0.2, 0.25) is 6.41 Å². The van der Waals surface area contributed by atoms with Crippen LogP contribution in [0.25, 0.3) is 10.8 Å². The maximum absolute atomic E-state index is 10.9. The lowest BCUT2D eigenvalue weighted by Crippen LogP contribution is -2.15. The summed E-state index contributed by atoms with van der Waals surface area (Å²) in [5.41, 5.74) is 0.801. The van der Waals surface area contributed by atoms with Gasteiger partial charge in [-0.2, -0.15) is 0 Å². The normalized spacial score (nSPS) is 10.1. The Labute approximate surface area is 94.2 Å². The highest BCUT2D eigenvalue weighted by Crippen LogP contribution is 2.34. The number of hydrogen-bond acceptors (Lipinski definition) is 2. The zero-order valence-electron chi connectivity index (χ0n) is 9.31.